The Morgan fingerprint density at radius 3 is 2.88 bits per heavy atom. The lowest BCUT2D eigenvalue weighted by molar-refractivity contribution is -0.137. The van der Waals surface area contributed by atoms with Crippen molar-refractivity contribution in [3.8, 4) is 5.75 Å². The van der Waals surface area contributed by atoms with E-state index in [0.717, 1.165) is 26.9 Å². The standard InChI is InChI=1S/C19H17NO3S/c1-2-3-15-14-7-4-12(10-13(14)6-8-17(15)21)5-9-18-20-16(11-24-18)19(22)23/h2,4-10,16,21H,1,3,11H2,(H,22,23)/t16-/m1/s1. The van der Waals surface area contributed by atoms with Crippen LogP contribution in [0.3, 0.4) is 0 Å². The van der Waals surface area contributed by atoms with Crippen LogP contribution in [0.25, 0.3) is 16.8 Å². The first-order chi connectivity index (χ1) is 11.6. The van der Waals surface area contributed by atoms with Gasteiger partial charge in [0, 0.05) is 11.3 Å². The number of rotatable bonds is 5. The van der Waals surface area contributed by atoms with Crippen molar-refractivity contribution in [2.75, 3.05) is 5.75 Å². The zero-order valence-corrected chi connectivity index (χ0v) is 13.8. The van der Waals surface area contributed by atoms with E-state index in [2.05, 4.69) is 11.6 Å². The van der Waals surface area contributed by atoms with Crippen LogP contribution in [0.15, 0.2) is 54.1 Å². The fourth-order valence-corrected chi connectivity index (χ4v) is 3.55. The highest BCUT2D eigenvalue weighted by atomic mass is 32.2. The molecule has 0 fully saturated rings. The largest absolute Gasteiger partial charge is 0.508 e. The number of benzene rings is 2. The molecule has 1 atom stereocenters. The van der Waals surface area contributed by atoms with Crippen molar-refractivity contribution in [2.24, 2.45) is 4.99 Å². The minimum absolute atomic E-state index is 0.280. The molecule has 1 aliphatic heterocycles. The molecule has 24 heavy (non-hydrogen) atoms. The zero-order chi connectivity index (χ0) is 17.1. The van der Waals surface area contributed by atoms with E-state index in [-0.39, 0.29) is 5.75 Å². The number of fused-ring (bicyclic) bond motifs is 1. The van der Waals surface area contributed by atoms with Crippen molar-refractivity contribution >= 4 is 39.6 Å². The van der Waals surface area contributed by atoms with Gasteiger partial charge in [0.05, 0.1) is 5.04 Å². The second-order valence-electron chi connectivity index (χ2n) is 5.50. The Morgan fingerprint density at radius 1 is 1.33 bits per heavy atom. The molecule has 0 aromatic heterocycles. The number of carboxylic acid groups (broad SMARTS) is 1. The Bertz CT molecular complexity index is 870. The highest BCUT2D eigenvalue weighted by Crippen LogP contribution is 2.29. The highest BCUT2D eigenvalue weighted by molar-refractivity contribution is 8.14. The second-order valence-corrected chi connectivity index (χ2v) is 6.54. The van der Waals surface area contributed by atoms with Crippen molar-refractivity contribution in [2.45, 2.75) is 12.5 Å². The first-order valence-electron chi connectivity index (χ1n) is 7.55. The number of carbonyl (C=O) groups is 1. The van der Waals surface area contributed by atoms with E-state index in [1.807, 2.05) is 36.4 Å². The molecule has 1 heterocycles. The lowest BCUT2D eigenvalue weighted by atomic mass is 9.99. The maximum absolute atomic E-state index is 10.9. The molecule has 5 heteroatoms. The Balaban J connectivity index is 1.88. The number of allylic oxidation sites excluding steroid dienone is 1. The van der Waals surface area contributed by atoms with Crippen LogP contribution in [-0.4, -0.2) is 33.0 Å². The quantitative estimate of drug-likeness (QED) is 0.811. The number of phenols is 1. The van der Waals surface area contributed by atoms with Crippen LogP contribution in [-0.2, 0) is 11.2 Å². The van der Waals surface area contributed by atoms with Gasteiger partial charge < -0.3 is 10.2 Å². The number of phenolic OH excluding ortho intramolecular Hbond substituents is 1. The highest BCUT2D eigenvalue weighted by Gasteiger charge is 2.22. The fourth-order valence-electron chi connectivity index (χ4n) is 2.64. The number of nitrogens with zero attached hydrogens (tertiary/aromatic N) is 1. The molecule has 1 aliphatic rings. The number of thioether (sulfide) groups is 1. The summed E-state index contributed by atoms with van der Waals surface area (Å²) in [6, 6.07) is 8.93. The molecule has 0 aliphatic carbocycles. The minimum atomic E-state index is -0.883. The third-order valence-electron chi connectivity index (χ3n) is 3.85. The van der Waals surface area contributed by atoms with Gasteiger partial charge in [-0.3, -0.25) is 4.99 Å². The Labute approximate surface area is 144 Å². The van der Waals surface area contributed by atoms with Crippen molar-refractivity contribution in [3.63, 3.8) is 0 Å². The Morgan fingerprint density at radius 2 is 2.17 bits per heavy atom. The molecular weight excluding hydrogens is 322 g/mol. The molecule has 2 aromatic carbocycles. The van der Waals surface area contributed by atoms with Gasteiger partial charge in [0.25, 0.3) is 0 Å². The maximum atomic E-state index is 10.9. The monoisotopic (exact) mass is 339 g/mol. The molecular formula is C19H17NO3S. The number of carboxylic acids is 1. The van der Waals surface area contributed by atoms with Crippen molar-refractivity contribution < 1.29 is 15.0 Å². The lowest BCUT2D eigenvalue weighted by Crippen LogP contribution is -2.16. The van der Waals surface area contributed by atoms with Gasteiger partial charge in [-0.05, 0) is 41.0 Å². The van der Waals surface area contributed by atoms with Gasteiger partial charge in [-0.1, -0.05) is 30.4 Å². The van der Waals surface area contributed by atoms with Crippen LogP contribution in [0.5, 0.6) is 5.75 Å². The molecule has 2 N–H and O–H groups in total. The summed E-state index contributed by atoms with van der Waals surface area (Å²) in [5.41, 5.74) is 1.87. The van der Waals surface area contributed by atoms with Crippen LogP contribution in [0.4, 0.5) is 0 Å². The summed E-state index contributed by atoms with van der Waals surface area (Å²) in [5, 5.41) is 21.7. The average Bonchev–Trinajstić information content (AvgIpc) is 3.05. The van der Waals surface area contributed by atoms with E-state index in [1.54, 1.807) is 12.1 Å². The van der Waals surface area contributed by atoms with Crippen LogP contribution < -0.4 is 0 Å². The van der Waals surface area contributed by atoms with Crippen LogP contribution in [0, 0.1) is 0 Å². The maximum Gasteiger partial charge on any atom is 0.329 e. The summed E-state index contributed by atoms with van der Waals surface area (Å²) in [6.07, 6.45) is 6.16. The third-order valence-corrected chi connectivity index (χ3v) is 4.87. The predicted molar refractivity (Wildman–Crippen MR) is 99.9 cm³/mol. The van der Waals surface area contributed by atoms with Crippen molar-refractivity contribution in [1.82, 2.24) is 0 Å². The van der Waals surface area contributed by atoms with Crippen LogP contribution in [0.1, 0.15) is 11.1 Å². The van der Waals surface area contributed by atoms with Gasteiger partial charge in [0.15, 0.2) is 6.04 Å². The van der Waals surface area contributed by atoms with Crippen LogP contribution in [0.2, 0.25) is 0 Å². The molecule has 0 saturated carbocycles. The number of hydrogen-bond acceptors (Lipinski definition) is 4. The lowest BCUT2D eigenvalue weighted by Gasteiger charge is -2.08. The summed E-state index contributed by atoms with van der Waals surface area (Å²) in [7, 11) is 0. The average molecular weight is 339 g/mol. The van der Waals surface area contributed by atoms with Gasteiger partial charge in [0.1, 0.15) is 5.75 Å². The van der Waals surface area contributed by atoms with Gasteiger partial charge in [-0.25, -0.2) is 4.79 Å². The molecule has 0 radical (unpaired) electrons. The minimum Gasteiger partial charge on any atom is -0.508 e. The van der Waals surface area contributed by atoms with Crippen molar-refractivity contribution in [1.29, 1.82) is 0 Å². The molecule has 4 nitrogen and oxygen atoms in total. The molecule has 0 bridgehead atoms. The Kier molecular flexibility index (Phi) is 4.71. The molecule has 0 spiro atoms. The SMILES string of the molecule is C=CCc1c(O)ccc2cc(C=CC3=N[C@@H](C(=O)O)CS3)ccc12. The summed E-state index contributed by atoms with van der Waals surface area (Å²) in [4.78, 5) is 15.1. The van der Waals surface area contributed by atoms with E-state index in [4.69, 9.17) is 5.11 Å². The second kappa shape index (κ2) is 6.93. The predicted octanol–water partition coefficient (Wildman–Crippen LogP) is 3.89. The summed E-state index contributed by atoms with van der Waals surface area (Å²) < 4.78 is 0. The zero-order valence-electron chi connectivity index (χ0n) is 13.0. The number of aliphatic carboxylic acids is 1. The van der Waals surface area contributed by atoms with Crippen LogP contribution >= 0.6 is 11.8 Å². The first kappa shape index (κ1) is 16.3. The van der Waals surface area contributed by atoms with E-state index in [1.165, 1.54) is 11.8 Å². The molecule has 0 unspecified atom stereocenters. The van der Waals surface area contributed by atoms with Gasteiger partial charge in [-0.2, -0.15) is 0 Å². The topological polar surface area (TPSA) is 69.9 Å². The molecule has 0 saturated heterocycles. The number of hydrogen-bond donors (Lipinski definition) is 2. The third kappa shape index (κ3) is 3.36. The van der Waals surface area contributed by atoms with Gasteiger partial charge in [-0.15, -0.1) is 18.3 Å². The number of aromatic hydroxyl groups is 1. The molecule has 3 rings (SSSR count). The summed E-state index contributed by atoms with van der Waals surface area (Å²) >= 11 is 1.45. The summed E-state index contributed by atoms with van der Waals surface area (Å²) in [5.74, 6) is -0.120. The molecule has 0 amide bonds. The van der Waals surface area contributed by atoms with Crippen molar-refractivity contribution in [3.05, 3.63) is 60.2 Å². The Hall–Kier alpha value is -2.53. The molecule has 2 aromatic rings. The van der Waals surface area contributed by atoms with Gasteiger partial charge >= 0.3 is 5.97 Å². The number of aliphatic imine (C=N–C) groups is 1. The van der Waals surface area contributed by atoms with Gasteiger partial charge in [0.2, 0.25) is 0 Å². The van der Waals surface area contributed by atoms with E-state index in [9.17, 15) is 9.90 Å². The molecule has 122 valence electrons. The fraction of sp³-hybridized carbons (Fsp3) is 0.158. The normalized spacial score (nSPS) is 17.3. The smallest absolute Gasteiger partial charge is 0.329 e. The van der Waals surface area contributed by atoms with E-state index in [0.29, 0.717) is 12.2 Å². The summed E-state index contributed by atoms with van der Waals surface area (Å²) in [6.45, 7) is 3.73. The van der Waals surface area contributed by atoms with E-state index >= 15 is 0 Å². The first-order valence-corrected chi connectivity index (χ1v) is 8.54. The van der Waals surface area contributed by atoms with E-state index < -0.39 is 12.0 Å².